The van der Waals surface area contributed by atoms with Gasteiger partial charge in [0.25, 0.3) is 0 Å². The molecule has 0 fully saturated rings. The zero-order chi connectivity index (χ0) is 11.0. The molecular formula is C9H7BrIN2OP. The molecule has 2 rings (SSSR count). The summed E-state index contributed by atoms with van der Waals surface area (Å²) in [5.41, 5.74) is 1.72. The van der Waals surface area contributed by atoms with Crippen LogP contribution in [0.2, 0.25) is 0 Å². The molecule has 1 atom stereocenters. The summed E-state index contributed by atoms with van der Waals surface area (Å²) >= 11 is 5.67. The molecule has 3 nitrogen and oxygen atoms in total. The summed E-state index contributed by atoms with van der Waals surface area (Å²) in [5, 5.41) is 5.17. The maximum absolute atomic E-state index is 11.5. The lowest BCUT2D eigenvalue weighted by Gasteiger charge is -2.01. The lowest BCUT2D eigenvalue weighted by atomic mass is 10.1. The molecule has 0 saturated heterocycles. The van der Waals surface area contributed by atoms with E-state index in [1.165, 1.54) is 0 Å². The SMILES string of the molecule is CC(=O)c1cc(Br)cc2c1cnn2PI. The number of Topliss-reactive ketones (excluding diaryl/α,β-unsaturated/α-hetero) is 1. The number of halogens is 2. The first-order chi connectivity index (χ1) is 7.13. The van der Waals surface area contributed by atoms with Gasteiger partial charge in [-0.3, -0.25) is 4.79 Å². The van der Waals surface area contributed by atoms with Crippen molar-refractivity contribution in [3.63, 3.8) is 0 Å². The van der Waals surface area contributed by atoms with Gasteiger partial charge in [0.05, 0.1) is 18.1 Å². The molecule has 0 radical (unpaired) electrons. The highest BCUT2D eigenvalue weighted by Crippen LogP contribution is 2.31. The average Bonchev–Trinajstić information content (AvgIpc) is 2.58. The molecule has 0 aliphatic heterocycles. The molecule has 1 heterocycles. The van der Waals surface area contributed by atoms with Crippen molar-refractivity contribution >= 4 is 61.0 Å². The Labute approximate surface area is 110 Å². The van der Waals surface area contributed by atoms with E-state index in [1.54, 1.807) is 13.1 Å². The van der Waals surface area contributed by atoms with Gasteiger partial charge in [0.2, 0.25) is 0 Å². The number of benzene rings is 1. The minimum absolute atomic E-state index is 0.0673. The van der Waals surface area contributed by atoms with E-state index in [0.29, 0.717) is 6.37 Å². The molecule has 0 amide bonds. The van der Waals surface area contributed by atoms with E-state index in [-0.39, 0.29) is 5.78 Å². The van der Waals surface area contributed by atoms with Crippen molar-refractivity contribution in [3.8, 4) is 0 Å². The fourth-order valence-electron chi connectivity index (χ4n) is 1.45. The molecule has 0 N–H and O–H groups in total. The van der Waals surface area contributed by atoms with E-state index in [9.17, 15) is 4.79 Å². The summed E-state index contributed by atoms with van der Waals surface area (Å²) in [4.78, 5) is 11.5. The molecule has 0 bridgehead atoms. The first kappa shape index (κ1) is 11.5. The van der Waals surface area contributed by atoms with Crippen LogP contribution in [0.5, 0.6) is 0 Å². The van der Waals surface area contributed by atoms with Crippen molar-refractivity contribution in [3.05, 3.63) is 28.4 Å². The van der Waals surface area contributed by atoms with Crippen molar-refractivity contribution in [1.82, 2.24) is 9.55 Å². The van der Waals surface area contributed by atoms with Crippen molar-refractivity contribution in [2.75, 3.05) is 0 Å². The third kappa shape index (κ3) is 2.10. The van der Waals surface area contributed by atoms with Crippen molar-refractivity contribution < 1.29 is 4.79 Å². The van der Waals surface area contributed by atoms with Gasteiger partial charge in [-0.05, 0) is 41.1 Å². The second-order valence-electron chi connectivity index (χ2n) is 3.08. The molecule has 78 valence electrons. The third-order valence-corrected chi connectivity index (χ3v) is 4.46. The Morgan fingerprint density at radius 2 is 2.33 bits per heavy atom. The molecule has 15 heavy (non-hydrogen) atoms. The largest absolute Gasteiger partial charge is 0.294 e. The standard InChI is InChI=1S/C9H7BrIN2OP/c1-5(14)7-2-6(10)3-9-8(7)4-12-13(9)15-11/h2-4,15H,1H3. The van der Waals surface area contributed by atoms with Gasteiger partial charge in [-0.15, -0.1) is 0 Å². The molecule has 0 saturated carbocycles. The maximum atomic E-state index is 11.5. The Morgan fingerprint density at radius 3 is 2.93 bits per heavy atom. The predicted octanol–water partition coefficient (Wildman–Crippen LogP) is 3.79. The summed E-state index contributed by atoms with van der Waals surface area (Å²) < 4.78 is 2.81. The van der Waals surface area contributed by atoms with Crippen LogP contribution < -0.4 is 0 Å². The Hall–Kier alpha value is -0.000000000000000222. The highest BCUT2D eigenvalue weighted by molar-refractivity contribution is 14.2. The van der Waals surface area contributed by atoms with Crippen molar-refractivity contribution in [2.24, 2.45) is 0 Å². The lowest BCUT2D eigenvalue weighted by Crippen LogP contribution is -1.93. The van der Waals surface area contributed by atoms with Gasteiger partial charge in [0.15, 0.2) is 5.78 Å². The average molecular weight is 397 g/mol. The second kappa shape index (κ2) is 4.47. The molecule has 0 spiro atoms. The molecule has 1 aromatic carbocycles. The molecule has 0 aliphatic carbocycles. The molecule has 2 aromatic rings. The van der Waals surface area contributed by atoms with Crippen LogP contribution in [-0.4, -0.2) is 15.3 Å². The maximum Gasteiger partial charge on any atom is 0.160 e. The molecular weight excluding hydrogens is 390 g/mol. The van der Waals surface area contributed by atoms with Crippen LogP contribution in [0.3, 0.4) is 0 Å². The van der Waals surface area contributed by atoms with E-state index in [0.717, 1.165) is 20.9 Å². The molecule has 6 heteroatoms. The Morgan fingerprint density at radius 1 is 1.60 bits per heavy atom. The Bertz CT molecular complexity index is 540. The number of fused-ring (bicyclic) bond motifs is 1. The first-order valence-electron chi connectivity index (χ1n) is 4.18. The van der Waals surface area contributed by atoms with E-state index < -0.39 is 0 Å². The number of hydrogen-bond acceptors (Lipinski definition) is 2. The number of ketones is 1. The molecule has 1 aromatic heterocycles. The summed E-state index contributed by atoms with van der Waals surface area (Å²) in [5.74, 6) is 0.0673. The van der Waals surface area contributed by atoms with Crippen LogP contribution in [0.15, 0.2) is 22.8 Å². The van der Waals surface area contributed by atoms with Gasteiger partial charge in [0.1, 0.15) is 0 Å². The Balaban J connectivity index is 2.82. The van der Waals surface area contributed by atoms with Crippen LogP contribution >= 0.6 is 44.3 Å². The lowest BCUT2D eigenvalue weighted by molar-refractivity contribution is 0.101. The van der Waals surface area contributed by atoms with Crippen LogP contribution in [0.25, 0.3) is 10.9 Å². The topological polar surface area (TPSA) is 34.9 Å². The van der Waals surface area contributed by atoms with E-state index in [1.807, 2.05) is 16.6 Å². The number of carbonyl (C=O) groups is 1. The van der Waals surface area contributed by atoms with Gasteiger partial charge >= 0.3 is 0 Å². The number of rotatable bonds is 2. The van der Waals surface area contributed by atoms with E-state index in [4.69, 9.17) is 0 Å². The zero-order valence-corrected chi connectivity index (χ0v) is 12.5. The van der Waals surface area contributed by atoms with Crippen molar-refractivity contribution in [2.45, 2.75) is 6.92 Å². The fraction of sp³-hybridized carbons (Fsp3) is 0.111. The Kier molecular flexibility index (Phi) is 3.42. The van der Waals surface area contributed by atoms with Gasteiger partial charge < -0.3 is 0 Å². The number of hydrogen-bond donors (Lipinski definition) is 0. The van der Waals surface area contributed by atoms with E-state index in [2.05, 4.69) is 43.1 Å². The van der Waals surface area contributed by atoms with Gasteiger partial charge in [0, 0.05) is 15.4 Å². The van der Waals surface area contributed by atoms with E-state index >= 15 is 0 Å². The summed E-state index contributed by atoms with van der Waals surface area (Å²) in [6.07, 6.45) is 2.29. The quantitative estimate of drug-likeness (QED) is 0.439. The normalized spacial score (nSPS) is 11.7. The van der Waals surface area contributed by atoms with Crippen LogP contribution in [0, 0.1) is 0 Å². The predicted molar refractivity (Wildman–Crippen MR) is 75.2 cm³/mol. The smallest absolute Gasteiger partial charge is 0.160 e. The van der Waals surface area contributed by atoms with Crippen LogP contribution in [0.1, 0.15) is 17.3 Å². The number of nitrogens with zero attached hydrogens (tertiary/aromatic N) is 2. The van der Waals surface area contributed by atoms with Crippen molar-refractivity contribution in [1.29, 1.82) is 0 Å². The van der Waals surface area contributed by atoms with Gasteiger partial charge in [-0.25, -0.2) is 4.45 Å². The summed E-state index contributed by atoms with van der Waals surface area (Å²) in [7, 11) is 0. The summed E-state index contributed by atoms with van der Waals surface area (Å²) in [6, 6.07) is 3.83. The third-order valence-electron chi connectivity index (χ3n) is 2.11. The minimum Gasteiger partial charge on any atom is -0.294 e. The number of aromatic nitrogens is 2. The van der Waals surface area contributed by atoms with Gasteiger partial charge in [-0.1, -0.05) is 15.9 Å². The molecule has 0 aliphatic rings. The minimum atomic E-state index is 0.0673. The van der Waals surface area contributed by atoms with Crippen LogP contribution in [0.4, 0.5) is 0 Å². The fourth-order valence-corrected chi connectivity index (χ4v) is 3.43. The highest BCUT2D eigenvalue weighted by Gasteiger charge is 2.11. The summed E-state index contributed by atoms with van der Waals surface area (Å²) in [6.45, 7) is 1.57. The second-order valence-corrected chi connectivity index (χ2v) is 6.04. The zero-order valence-electron chi connectivity index (χ0n) is 7.79. The highest BCUT2D eigenvalue weighted by atomic mass is 127. The monoisotopic (exact) mass is 396 g/mol. The van der Waals surface area contributed by atoms with Gasteiger partial charge in [-0.2, -0.15) is 5.10 Å². The van der Waals surface area contributed by atoms with Crippen LogP contribution in [-0.2, 0) is 0 Å². The first-order valence-corrected chi connectivity index (χ1v) is 9.04. The molecule has 1 unspecified atom stereocenters. The number of carbonyl (C=O) groups excluding carboxylic acids is 1.